The molecule has 0 amide bonds. The molecule has 0 unspecified atom stereocenters. The molecule has 3 heteroatoms. The van der Waals surface area contributed by atoms with Crippen LogP contribution in [0.15, 0.2) is 0 Å². The van der Waals surface area contributed by atoms with Gasteiger partial charge >= 0.3 is 0 Å². The van der Waals surface area contributed by atoms with E-state index in [1.54, 1.807) is 0 Å². The molecule has 0 rings (SSSR count). The Morgan fingerprint density at radius 3 is 2.00 bits per heavy atom. The molecule has 0 aromatic heterocycles. The minimum atomic E-state index is -0.623. The Hall–Kier alpha value is -0.313. The SMILES string of the molecule is CCC(CC)(CC)C[SiH2]OC(C)=O. The molecule has 0 spiro atoms. The average Bonchev–Trinajstić information content (AvgIpc) is 2.13. The first kappa shape index (κ1) is 12.7. The number of hydrogen-bond acceptors (Lipinski definition) is 2. The van der Waals surface area contributed by atoms with E-state index in [9.17, 15) is 4.79 Å². The second-order valence-corrected chi connectivity index (χ2v) is 4.85. The van der Waals surface area contributed by atoms with Gasteiger partial charge in [-0.1, -0.05) is 40.0 Å². The molecule has 0 saturated heterocycles. The summed E-state index contributed by atoms with van der Waals surface area (Å²) in [5, 5.41) is 0. The normalized spacial score (nSPS) is 12.3. The predicted molar refractivity (Wildman–Crippen MR) is 58.4 cm³/mol. The van der Waals surface area contributed by atoms with Gasteiger partial charge in [-0.3, -0.25) is 4.79 Å². The van der Waals surface area contributed by atoms with Crippen LogP contribution in [-0.2, 0) is 9.22 Å². The van der Waals surface area contributed by atoms with Crippen LogP contribution in [0, 0.1) is 5.41 Å². The van der Waals surface area contributed by atoms with Crippen molar-refractivity contribution in [2.24, 2.45) is 5.41 Å². The van der Waals surface area contributed by atoms with Crippen LogP contribution in [0.5, 0.6) is 0 Å². The third kappa shape index (κ3) is 4.46. The van der Waals surface area contributed by atoms with Crippen LogP contribution in [0.4, 0.5) is 0 Å². The van der Waals surface area contributed by atoms with Gasteiger partial charge in [0, 0.05) is 6.92 Å². The molecule has 0 aliphatic carbocycles. The minimum absolute atomic E-state index is 0.108. The third-order valence-electron chi connectivity index (χ3n) is 3.19. The van der Waals surface area contributed by atoms with Crippen LogP contribution in [0.1, 0.15) is 47.0 Å². The Morgan fingerprint density at radius 2 is 1.69 bits per heavy atom. The molecule has 0 radical (unpaired) electrons. The first-order valence-corrected chi connectivity index (χ1v) is 6.81. The summed E-state index contributed by atoms with van der Waals surface area (Å²) < 4.78 is 5.10. The standard InChI is InChI=1S/C10H22O2Si/c1-5-10(6-2,7-3)8-13-12-9(4)11/h5-8,13H2,1-4H3. The Labute approximate surface area is 84.0 Å². The van der Waals surface area contributed by atoms with E-state index in [4.69, 9.17) is 4.43 Å². The summed E-state index contributed by atoms with van der Waals surface area (Å²) in [6.45, 7) is 8.19. The van der Waals surface area contributed by atoms with Crippen LogP contribution >= 0.6 is 0 Å². The lowest BCUT2D eigenvalue weighted by molar-refractivity contribution is -0.131. The molecular weight excluding hydrogens is 180 g/mol. The molecule has 0 atom stereocenters. The van der Waals surface area contributed by atoms with Gasteiger partial charge in [0.1, 0.15) is 0 Å². The van der Waals surface area contributed by atoms with Gasteiger partial charge in [0.2, 0.25) is 9.76 Å². The van der Waals surface area contributed by atoms with E-state index in [2.05, 4.69) is 20.8 Å². The fourth-order valence-corrected chi connectivity index (χ4v) is 3.57. The summed E-state index contributed by atoms with van der Waals surface area (Å²) in [4.78, 5) is 10.6. The van der Waals surface area contributed by atoms with Gasteiger partial charge in [-0.25, -0.2) is 0 Å². The number of carbonyl (C=O) groups excluding carboxylic acids is 1. The maximum atomic E-state index is 10.6. The number of hydrogen-bond donors (Lipinski definition) is 0. The molecule has 2 nitrogen and oxygen atoms in total. The lowest BCUT2D eigenvalue weighted by Gasteiger charge is -2.29. The summed E-state index contributed by atoms with van der Waals surface area (Å²) in [6.07, 6.45) is 3.61. The van der Waals surface area contributed by atoms with Crippen LogP contribution in [0.3, 0.4) is 0 Å². The molecule has 0 aliphatic heterocycles. The van der Waals surface area contributed by atoms with Crippen LogP contribution in [-0.4, -0.2) is 15.7 Å². The van der Waals surface area contributed by atoms with Gasteiger partial charge in [0.25, 0.3) is 5.97 Å². The van der Waals surface area contributed by atoms with Crippen LogP contribution in [0.2, 0.25) is 6.04 Å². The fraction of sp³-hybridized carbons (Fsp3) is 0.900. The van der Waals surface area contributed by atoms with E-state index < -0.39 is 9.76 Å². The van der Waals surface area contributed by atoms with Gasteiger partial charge in [-0.15, -0.1) is 0 Å². The lowest BCUT2D eigenvalue weighted by Crippen LogP contribution is -2.21. The van der Waals surface area contributed by atoms with E-state index in [0.717, 1.165) is 6.04 Å². The second-order valence-electron chi connectivity index (χ2n) is 3.65. The molecule has 0 heterocycles. The van der Waals surface area contributed by atoms with Crippen molar-refractivity contribution < 1.29 is 9.22 Å². The highest BCUT2D eigenvalue weighted by Gasteiger charge is 2.23. The van der Waals surface area contributed by atoms with Crippen molar-refractivity contribution in [1.82, 2.24) is 0 Å². The molecule has 0 aliphatic rings. The van der Waals surface area contributed by atoms with Gasteiger partial charge in [-0.05, 0) is 11.5 Å². The van der Waals surface area contributed by atoms with E-state index in [1.807, 2.05) is 0 Å². The average molecular weight is 202 g/mol. The smallest absolute Gasteiger partial charge is 0.288 e. The molecule has 13 heavy (non-hydrogen) atoms. The van der Waals surface area contributed by atoms with Crippen molar-refractivity contribution in [2.45, 2.75) is 53.0 Å². The van der Waals surface area contributed by atoms with Crippen molar-refractivity contribution in [3.8, 4) is 0 Å². The third-order valence-corrected chi connectivity index (χ3v) is 5.06. The largest absolute Gasteiger partial charge is 0.525 e. The summed E-state index contributed by atoms with van der Waals surface area (Å²) in [7, 11) is -0.623. The molecule has 78 valence electrons. The van der Waals surface area contributed by atoms with Gasteiger partial charge in [-0.2, -0.15) is 0 Å². The molecule has 0 N–H and O–H groups in total. The van der Waals surface area contributed by atoms with E-state index >= 15 is 0 Å². The Balaban J connectivity index is 3.88. The number of carbonyl (C=O) groups is 1. The minimum Gasteiger partial charge on any atom is -0.525 e. The molecule has 0 aromatic rings. The summed E-state index contributed by atoms with van der Waals surface area (Å²) in [6, 6.07) is 1.14. The van der Waals surface area contributed by atoms with E-state index in [0.29, 0.717) is 5.41 Å². The van der Waals surface area contributed by atoms with Crippen LogP contribution in [0.25, 0.3) is 0 Å². The topological polar surface area (TPSA) is 26.3 Å². The van der Waals surface area contributed by atoms with Gasteiger partial charge in [0.15, 0.2) is 0 Å². The Bertz CT molecular complexity index is 145. The zero-order valence-electron chi connectivity index (χ0n) is 9.35. The Kier molecular flexibility index (Phi) is 6.04. The molecular formula is C10H22O2Si. The summed E-state index contributed by atoms with van der Waals surface area (Å²) >= 11 is 0. The van der Waals surface area contributed by atoms with Gasteiger partial charge in [0.05, 0.1) is 0 Å². The summed E-state index contributed by atoms with van der Waals surface area (Å²) in [5.74, 6) is -0.108. The van der Waals surface area contributed by atoms with Crippen molar-refractivity contribution in [3.63, 3.8) is 0 Å². The first-order valence-electron chi connectivity index (χ1n) is 5.23. The highest BCUT2D eigenvalue weighted by Crippen LogP contribution is 2.34. The second kappa shape index (κ2) is 6.19. The maximum absolute atomic E-state index is 10.6. The highest BCUT2D eigenvalue weighted by atomic mass is 28.2. The molecule has 0 bridgehead atoms. The summed E-state index contributed by atoms with van der Waals surface area (Å²) in [5.41, 5.74) is 0.446. The first-order chi connectivity index (χ1) is 6.10. The zero-order chi connectivity index (χ0) is 10.3. The quantitative estimate of drug-likeness (QED) is 0.618. The molecule has 0 fully saturated rings. The van der Waals surface area contributed by atoms with Crippen molar-refractivity contribution in [1.29, 1.82) is 0 Å². The van der Waals surface area contributed by atoms with Crippen molar-refractivity contribution in [3.05, 3.63) is 0 Å². The van der Waals surface area contributed by atoms with E-state index in [-0.39, 0.29) is 5.97 Å². The van der Waals surface area contributed by atoms with Gasteiger partial charge < -0.3 is 4.43 Å². The fourth-order valence-electron chi connectivity index (χ4n) is 1.69. The van der Waals surface area contributed by atoms with Crippen LogP contribution < -0.4 is 0 Å². The molecule has 0 aromatic carbocycles. The highest BCUT2D eigenvalue weighted by molar-refractivity contribution is 6.30. The van der Waals surface area contributed by atoms with Crippen molar-refractivity contribution >= 4 is 15.7 Å². The van der Waals surface area contributed by atoms with Crippen molar-refractivity contribution in [2.75, 3.05) is 0 Å². The van der Waals surface area contributed by atoms with E-state index in [1.165, 1.54) is 26.2 Å². The monoisotopic (exact) mass is 202 g/mol. The molecule has 0 saturated carbocycles. The Morgan fingerprint density at radius 1 is 1.23 bits per heavy atom. The predicted octanol–water partition coefficient (Wildman–Crippen LogP) is 2.27. The lowest BCUT2D eigenvalue weighted by atomic mass is 9.82. The zero-order valence-corrected chi connectivity index (χ0v) is 10.8. The maximum Gasteiger partial charge on any atom is 0.288 e. The number of rotatable bonds is 6.